The minimum absolute atomic E-state index is 0.0731. The molecule has 0 fully saturated rings. The number of benzene rings is 2. The zero-order valence-corrected chi connectivity index (χ0v) is 14.6. The van der Waals surface area contributed by atoms with Gasteiger partial charge in [0.25, 0.3) is 0 Å². The molecule has 4 aromatic rings. The fraction of sp³-hybridized carbons (Fsp3) is 0.105. The van der Waals surface area contributed by atoms with Gasteiger partial charge in [-0.3, -0.25) is 9.48 Å². The van der Waals surface area contributed by atoms with Gasteiger partial charge in [0.2, 0.25) is 5.91 Å². The van der Waals surface area contributed by atoms with Crippen LogP contribution in [0.15, 0.2) is 67.3 Å². The molecule has 2 heterocycles. The first-order valence-electron chi connectivity index (χ1n) is 8.20. The van der Waals surface area contributed by atoms with E-state index in [1.807, 2.05) is 59.3 Å². The Hall–Kier alpha value is -3.12. The van der Waals surface area contributed by atoms with Crippen molar-refractivity contribution in [2.45, 2.75) is 13.0 Å². The van der Waals surface area contributed by atoms with Gasteiger partial charge in [-0.1, -0.05) is 23.7 Å². The molecule has 130 valence electrons. The van der Waals surface area contributed by atoms with Crippen LogP contribution < -0.4 is 5.32 Å². The lowest BCUT2D eigenvalue weighted by atomic mass is 10.2. The molecular formula is C19H16ClN5O. The highest BCUT2D eigenvalue weighted by molar-refractivity contribution is 6.34. The Morgan fingerprint density at radius 1 is 1.12 bits per heavy atom. The summed E-state index contributed by atoms with van der Waals surface area (Å²) in [6.45, 7) is 0.464. The first kappa shape index (κ1) is 16.4. The standard InChI is InChI=1S/C19H16ClN5O/c20-19-16-3-1-2-4-17(16)25(23-19)11-9-18(26)22-14-5-7-15(8-6-14)24-12-10-21-13-24/h1-8,10,12-13H,9,11H2,(H,22,26). The number of aryl methyl sites for hydroxylation is 1. The van der Waals surface area contributed by atoms with E-state index in [1.54, 1.807) is 17.2 Å². The molecule has 0 aliphatic rings. The van der Waals surface area contributed by atoms with Crippen molar-refractivity contribution >= 4 is 34.1 Å². The summed E-state index contributed by atoms with van der Waals surface area (Å²) in [7, 11) is 0. The van der Waals surface area contributed by atoms with Gasteiger partial charge in [-0.25, -0.2) is 4.98 Å². The fourth-order valence-electron chi connectivity index (χ4n) is 2.82. The first-order chi connectivity index (χ1) is 12.7. The molecule has 0 saturated carbocycles. The van der Waals surface area contributed by atoms with Crippen LogP contribution in [0.1, 0.15) is 6.42 Å². The molecule has 0 spiro atoms. The molecule has 0 aliphatic carbocycles. The van der Waals surface area contributed by atoms with E-state index in [2.05, 4.69) is 15.4 Å². The molecule has 1 amide bonds. The van der Waals surface area contributed by atoms with Crippen LogP contribution in [0.25, 0.3) is 16.6 Å². The second-order valence-electron chi connectivity index (χ2n) is 5.85. The van der Waals surface area contributed by atoms with Crippen LogP contribution in [0.3, 0.4) is 0 Å². The number of hydrogen-bond donors (Lipinski definition) is 1. The van der Waals surface area contributed by atoms with Crippen LogP contribution in [0.5, 0.6) is 0 Å². The van der Waals surface area contributed by atoms with Crippen molar-refractivity contribution in [2.75, 3.05) is 5.32 Å². The topological polar surface area (TPSA) is 64.7 Å². The van der Waals surface area contributed by atoms with E-state index in [9.17, 15) is 4.79 Å². The van der Waals surface area contributed by atoms with E-state index in [0.29, 0.717) is 18.1 Å². The number of rotatable bonds is 5. The van der Waals surface area contributed by atoms with Crippen LogP contribution in [0.4, 0.5) is 5.69 Å². The number of carbonyl (C=O) groups excluding carboxylic acids is 1. The van der Waals surface area contributed by atoms with E-state index in [4.69, 9.17) is 11.6 Å². The van der Waals surface area contributed by atoms with Gasteiger partial charge in [0, 0.05) is 35.6 Å². The number of hydrogen-bond acceptors (Lipinski definition) is 3. The predicted octanol–water partition coefficient (Wildman–Crippen LogP) is 3.90. The molecule has 0 radical (unpaired) electrons. The molecule has 0 saturated heterocycles. The summed E-state index contributed by atoms with van der Waals surface area (Å²) in [6.07, 6.45) is 5.63. The van der Waals surface area contributed by atoms with Gasteiger partial charge in [0.1, 0.15) is 0 Å². The van der Waals surface area contributed by atoms with Crippen LogP contribution in [0.2, 0.25) is 5.15 Å². The van der Waals surface area contributed by atoms with Gasteiger partial charge in [0.05, 0.1) is 18.4 Å². The largest absolute Gasteiger partial charge is 0.326 e. The van der Waals surface area contributed by atoms with Crippen molar-refractivity contribution < 1.29 is 4.79 Å². The third-order valence-electron chi connectivity index (χ3n) is 4.12. The third kappa shape index (κ3) is 3.32. The van der Waals surface area contributed by atoms with E-state index in [1.165, 1.54) is 0 Å². The first-order valence-corrected chi connectivity index (χ1v) is 8.58. The highest BCUT2D eigenvalue weighted by Crippen LogP contribution is 2.22. The quantitative estimate of drug-likeness (QED) is 0.583. The molecular weight excluding hydrogens is 350 g/mol. The summed E-state index contributed by atoms with van der Waals surface area (Å²) in [6, 6.07) is 15.3. The predicted molar refractivity (Wildman–Crippen MR) is 102 cm³/mol. The second-order valence-corrected chi connectivity index (χ2v) is 6.20. The lowest BCUT2D eigenvalue weighted by Crippen LogP contribution is -2.15. The van der Waals surface area contributed by atoms with Gasteiger partial charge < -0.3 is 9.88 Å². The average Bonchev–Trinajstić information content (AvgIpc) is 3.30. The maximum absolute atomic E-state index is 12.2. The number of imidazole rings is 1. The molecule has 0 unspecified atom stereocenters. The van der Waals surface area contributed by atoms with Crippen molar-refractivity contribution in [1.29, 1.82) is 0 Å². The van der Waals surface area contributed by atoms with Crippen molar-refractivity contribution in [3.8, 4) is 5.69 Å². The van der Waals surface area contributed by atoms with Gasteiger partial charge >= 0.3 is 0 Å². The average molecular weight is 366 g/mol. The van der Waals surface area contributed by atoms with Crippen LogP contribution >= 0.6 is 11.6 Å². The SMILES string of the molecule is O=C(CCn1nc(Cl)c2ccccc21)Nc1ccc(-n2ccnc2)cc1. The van der Waals surface area contributed by atoms with Crippen molar-refractivity contribution in [3.05, 3.63) is 72.4 Å². The molecule has 1 N–H and O–H groups in total. The minimum Gasteiger partial charge on any atom is -0.326 e. The minimum atomic E-state index is -0.0731. The molecule has 0 atom stereocenters. The summed E-state index contributed by atoms with van der Waals surface area (Å²) < 4.78 is 3.66. The lowest BCUT2D eigenvalue weighted by Gasteiger charge is -2.08. The highest BCUT2D eigenvalue weighted by Gasteiger charge is 2.10. The maximum Gasteiger partial charge on any atom is 0.226 e. The summed E-state index contributed by atoms with van der Waals surface area (Å²) >= 11 is 6.14. The number of para-hydroxylation sites is 1. The summed E-state index contributed by atoms with van der Waals surface area (Å²) in [4.78, 5) is 16.3. The van der Waals surface area contributed by atoms with Crippen molar-refractivity contribution in [2.24, 2.45) is 0 Å². The Kier molecular flexibility index (Phi) is 4.41. The Bertz CT molecular complexity index is 1040. The normalized spacial score (nSPS) is 11.0. The van der Waals surface area contributed by atoms with Crippen molar-refractivity contribution in [1.82, 2.24) is 19.3 Å². The van der Waals surface area contributed by atoms with Crippen LogP contribution in [-0.2, 0) is 11.3 Å². The Morgan fingerprint density at radius 2 is 1.92 bits per heavy atom. The second kappa shape index (κ2) is 7.01. The molecule has 6 nitrogen and oxygen atoms in total. The zero-order valence-electron chi connectivity index (χ0n) is 13.8. The van der Waals surface area contributed by atoms with Crippen molar-refractivity contribution in [3.63, 3.8) is 0 Å². The Labute approximate surface area is 155 Å². The highest BCUT2D eigenvalue weighted by atomic mass is 35.5. The van der Waals surface area contributed by atoms with E-state index < -0.39 is 0 Å². The number of carbonyl (C=O) groups is 1. The number of anilines is 1. The zero-order chi connectivity index (χ0) is 17.9. The van der Waals surface area contributed by atoms with Crippen LogP contribution in [0, 0.1) is 0 Å². The number of aromatic nitrogens is 4. The van der Waals surface area contributed by atoms with E-state index in [0.717, 1.165) is 22.3 Å². The van der Waals surface area contributed by atoms with Gasteiger partial charge in [-0.2, -0.15) is 5.10 Å². The Morgan fingerprint density at radius 3 is 2.69 bits per heavy atom. The monoisotopic (exact) mass is 365 g/mol. The summed E-state index contributed by atoms with van der Waals surface area (Å²) in [5.74, 6) is -0.0731. The summed E-state index contributed by atoms with van der Waals surface area (Å²) in [5, 5.41) is 8.55. The van der Waals surface area contributed by atoms with Gasteiger partial charge in [-0.05, 0) is 36.4 Å². The van der Waals surface area contributed by atoms with E-state index in [-0.39, 0.29) is 5.91 Å². The third-order valence-corrected chi connectivity index (χ3v) is 4.40. The number of amides is 1. The molecule has 2 aromatic carbocycles. The van der Waals surface area contributed by atoms with Gasteiger partial charge in [0.15, 0.2) is 5.15 Å². The lowest BCUT2D eigenvalue weighted by molar-refractivity contribution is -0.116. The summed E-state index contributed by atoms with van der Waals surface area (Å²) in [5.41, 5.74) is 2.66. The van der Waals surface area contributed by atoms with Crippen LogP contribution in [-0.4, -0.2) is 25.2 Å². The molecule has 2 aromatic heterocycles. The smallest absolute Gasteiger partial charge is 0.226 e. The molecule has 4 rings (SSSR count). The number of nitrogens with zero attached hydrogens (tertiary/aromatic N) is 4. The molecule has 0 aliphatic heterocycles. The number of halogens is 1. The molecule has 26 heavy (non-hydrogen) atoms. The number of fused-ring (bicyclic) bond motifs is 1. The van der Waals surface area contributed by atoms with E-state index >= 15 is 0 Å². The van der Waals surface area contributed by atoms with Gasteiger partial charge in [-0.15, -0.1) is 0 Å². The molecule has 7 heteroatoms. The Balaban J connectivity index is 1.39. The fourth-order valence-corrected chi connectivity index (χ4v) is 3.07. The molecule has 0 bridgehead atoms. The maximum atomic E-state index is 12.2. The number of nitrogens with one attached hydrogen (secondary N) is 1.